The van der Waals surface area contributed by atoms with Gasteiger partial charge in [-0.3, -0.25) is 10.1 Å². The minimum atomic E-state index is -0.366. The molecule has 0 bridgehead atoms. The first-order valence-corrected chi connectivity index (χ1v) is 12.0. The zero-order chi connectivity index (χ0) is 23.5. The molecule has 180 valence electrons. The van der Waals surface area contributed by atoms with Gasteiger partial charge in [0.25, 0.3) is 0 Å². The topological polar surface area (TPSA) is 104 Å². The second-order valence-corrected chi connectivity index (χ2v) is 8.29. The molecule has 3 rings (SSSR count). The van der Waals surface area contributed by atoms with E-state index >= 15 is 0 Å². The first kappa shape index (κ1) is 24.6. The van der Waals surface area contributed by atoms with Crippen molar-refractivity contribution >= 4 is 23.1 Å². The maximum Gasteiger partial charge on any atom is 0.353 e. The molecule has 0 unspecified atom stereocenters. The second kappa shape index (κ2) is 12.9. The number of aromatic nitrogens is 3. The lowest BCUT2D eigenvalue weighted by atomic mass is 10.2. The molecule has 0 atom stereocenters. The third-order valence-electron chi connectivity index (χ3n) is 5.91. The lowest BCUT2D eigenvalue weighted by molar-refractivity contribution is -0.383. The number of hydrogen-bond donors (Lipinski definition) is 1. The first-order valence-electron chi connectivity index (χ1n) is 12.0. The van der Waals surface area contributed by atoms with E-state index < -0.39 is 0 Å². The van der Waals surface area contributed by atoms with Crippen LogP contribution in [0.2, 0.25) is 0 Å². The smallest absolute Gasteiger partial charge is 0.353 e. The zero-order valence-corrected chi connectivity index (χ0v) is 19.8. The standard InChI is InChI=1S/C23H36N8O2/c1-3-5-12-28(13-6-4-2)14-11-25-22-21(31(32)33)23(27-19-26-22)30-17-15-29(16-18-30)20-9-7-8-10-24-20/h7-10,19H,3-6,11-18H2,1-2H3,(H,25,26,27). The Morgan fingerprint density at radius 2 is 1.70 bits per heavy atom. The monoisotopic (exact) mass is 456 g/mol. The number of rotatable bonds is 13. The minimum absolute atomic E-state index is 0.0440. The summed E-state index contributed by atoms with van der Waals surface area (Å²) in [5.41, 5.74) is -0.0440. The molecule has 0 aromatic carbocycles. The Labute approximate surface area is 196 Å². The van der Waals surface area contributed by atoms with Crippen molar-refractivity contribution in [3.05, 3.63) is 40.8 Å². The molecular formula is C23H36N8O2. The highest BCUT2D eigenvalue weighted by Crippen LogP contribution is 2.32. The lowest BCUT2D eigenvalue weighted by Crippen LogP contribution is -2.47. The third-order valence-corrected chi connectivity index (χ3v) is 5.91. The van der Waals surface area contributed by atoms with Crippen molar-refractivity contribution in [3.63, 3.8) is 0 Å². The van der Waals surface area contributed by atoms with E-state index in [0.29, 0.717) is 31.3 Å². The fourth-order valence-corrected chi connectivity index (χ4v) is 4.02. The van der Waals surface area contributed by atoms with E-state index in [1.54, 1.807) is 6.20 Å². The molecule has 3 heterocycles. The van der Waals surface area contributed by atoms with Crippen molar-refractivity contribution in [2.75, 3.05) is 67.5 Å². The quantitative estimate of drug-likeness (QED) is 0.359. The Morgan fingerprint density at radius 3 is 2.30 bits per heavy atom. The normalized spacial score (nSPS) is 14.0. The van der Waals surface area contributed by atoms with E-state index in [2.05, 4.69) is 43.9 Å². The van der Waals surface area contributed by atoms with Crippen LogP contribution in [0.25, 0.3) is 0 Å². The maximum atomic E-state index is 12.0. The van der Waals surface area contributed by atoms with Crippen molar-refractivity contribution in [1.29, 1.82) is 0 Å². The molecule has 1 aliphatic rings. The number of unbranched alkanes of at least 4 members (excludes halogenated alkanes) is 2. The van der Waals surface area contributed by atoms with Gasteiger partial charge in [0.05, 0.1) is 4.92 Å². The van der Waals surface area contributed by atoms with Crippen LogP contribution in [-0.2, 0) is 0 Å². The van der Waals surface area contributed by atoms with Crippen LogP contribution in [0, 0.1) is 10.1 Å². The molecular weight excluding hydrogens is 420 g/mol. The van der Waals surface area contributed by atoms with Crippen molar-refractivity contribution in [2.24, 2.45) is 0 Å². The number of anilines is 3. The average molecular weight is 457 g/mol. The molecule has 0 spiro atoms. The molecule has 10 heteroatoms. The fraction of sp³-hybridized carbons (Fsp3) is 0.609. The molecule has 33 heavy (non-hydrogen) atoms. The van der Waals surface area contributed by atoms with E-state index in [-0.39, 0.29) is 10.6 Å². The molecule has 0 saturated carbocycles. The molecule has 1 N–H and O–H groups in total. The third kappa shape index (κ3) is 6.98. The van der Waals surface area contributed by atoms with Gasteiger partial charge in [-0.15, -0.1) is 0 Å². The second-order valence-electron chi connectivity index (χ2n) is 8.29. The summed E-state index contributed by atoms with van der Waals surface area (Å²) < 4.78 is 0. The predicted octanol–water partition coefficient (Wildman–Crippen LogP) is 3.42. The SMILES string of the molecule is CCCCN(CCCC)CCNc1ncnc(N2CCN(c3ccccn3)CC2)c1[N+](=O)[O-]. The van der Waals surface area contributed by atoms with Gasteiger partial charge in [-0.05, 0) is 38.1 Å². The molecule has 2 aromatic heterocycles. The highest BCUT2D eigenvalue weighted by Gasteiger charge is 2.29. The minimum Gasteiger partial charge on any atom is -0.363 e. The van der Waals surface area contributed by atoms with Gasteiger partial charge in [0, 0.05) is 45.5 Å². The number of nitro groups is 1. The number of piperazine rings is 1. The van der Waals surface area contributed by atoms with Gasteiger partial charge < -0.3 is 20.0 Å². The van der Waals surface area contributed by atoms with E-state index in [1.807, 2.05) is 23.1 Å². The van der Waals surface area contributed by atoms with Crippen molar-refractivity contribution < 1.29 is 4.92 Å². The van der Waals surface area contributed by atoms with Gasteiger partial charge in [0.2, 0.25) is 11.6 Å². The number of nitrogens with one attached hydrogen (secondary N) is 1. The summed E-state index contributed by atoms with van der Waals surface area (Å²) in [7, 11) is 0. The molecule has 0 amide bonds. The summed E-state index contributed by atoms with van der Waals surface area (Å²) in [6, 6.07) is 5.84. The Morgan fingerprint density at radius 1 is 1.00 bits per heavy atom. The molecule has 1 aliphatic heterocycles. The Hall–Kier alpha value is -3.01. The number of nitrogens with zero attached hydrogens (tertiary/aromatic N) is 7. The van der Waals surface area contributed by atoms with E-state index in [4.69, 9.17) is 0 Å². The van der Waals surface area contributed by atoms with Gasteiger partial charge in [0.15, 0.2) is 0 Å². The summed E-state index contributed by atoms with van der Waals surface area (Å²) in [4.78, 5) is 31.1. The van der Waals surface area contributed by atoms with E-state index in [9.17, 15) is 10.1 Å². The van der Waals surface area contributed by atoms with Gasteiger partial charge in [-0.25, -0.2) is 15.0 Å². The highest BCUT2D eigenvalue weighted by molar-refractivity contribution is 5.70. The van der Waals surface area contributed by atoms with Crippen LogP contribution >= 0.6 is 0 Å². The molecule has 1 saturated heterocycles. The molecule has 10 nitrogen and oxygen atoms in total. The van der Waals surface area contributed by atoms with Gasteiger partial charge in [0.1, 0.15) is 12.1 Å². The predicted molar refractivity (Wildman–Crippen MR) is 132 cm³/mol. The van der Waals surface area contributed by atoms with Crippen LogP contribution in [0.4, 0.5) is 23.1 Å². The summed E-state index contributed by atoms with van der Waals surface area (Å²) in [6.45, 7) is 10.7. The molecule has 1 fully saturated rings. The van der Waals surface area contributed by atoms with Crippen molar-refractivity contribution in [2.45, 2.75) is 39.5 Å². The van der Waals surface area contributed by atoms with Crippen LogP contribution < -0.4 is 15.1 Å². The number of hydrogen-bond acceptors (Lipinski definition) is 9. The Balaban J connectivity index is 1.64. The zero-order valence-electron chi connectivity index (χ0n) is 19.8. The van der Waals surface area contributed by atoms with Crippen molar-refractivity contribution in [1.82, 2.24) is 19.9 Å². The fourth-order valence-electron chi connectivity index (χ4n) is 4.02. The largest absolute Gasteiger partial charge is 0.363 e. The highest BCUT2D eigenvalue weighted by atomic mass is 16.6. The van der Waals surface area contributed by atoms with Crippen LogP contribution in [0.15, 0.2) is 30.7 Å². The summed E-state index contributed by atoms with van der Waals surface area (Å²) in [5.74, 6) is 1.60. The molecule has 0 aliphatic carbocycles. The van der Waals surface area contributed by atoms with Gasteiger partial charge >= 0.3 is 5.69 Å². The average Bonchev–Trinajstić information content (AvgIpc) is 2.85. The van der Waals surface area contributed by atoms with Crippen LogP contribution in [-0.4, -0.2) is 77.1 Å². The summed E-state index contributed by atoms with van der Waals surface area (Å²) in [5, 5.41) is 15.2. The van der Waals surface area contributed by atoms with Crippen LogP contribution in [0.1, 0.15) is 39.5 Å². The van der Waals surface area contributed by atoms with Crippen LogP contribution in [0.3, 0.4) is 0 Å². The van der Waals surface area contributed by atoms with Gasteiger partial charge in [-0.2, -0.15) is 0 Å². The Kier molecular flexibility index (Phi) is 9.61. The lowest BCUT2D eigenvalue weighted by Gasteiger charge is -2.35. The maximum absolute atomic E-state index is 12.0. The summed E-state index contributed by atoms with van der Waals surface area (Å²) >= 11 is 0. The van der Waals surface area contributed by atoms with Crippen molar-refractivity contribution in [3.8, 4) is 0 Å². The molecule has 2 aromatic rings. The summed E-state index contributed by atoms with van der Waals surface area (Å²) in [6.07, 6.45) is 7.83. The van der Waals surface area contributed by atoms with Crippen LogP contribution in [0.5, 0.6) is 0 Å². The van der Waals surface area contributed by atoms with E-state index in [0.717, 1.165) is 64.2 Å². The van der Waals surface area contributed by atoms with E-state index in [1.165, 1.54) is 6.33 Å². The Bertz CT molecular complexity index is 851. The number of pyridine rings is 1. The van der Waals surface area contributed by atoms with Gasteiger partial charge in [-0.1, -0.05) is 32.8 Å². The molecule has 0 radical (unpaired) electrons. The first-order chi connectivity index (χ1) is 16.1.